The molecular weight excluding hydrogens is 410 g/mol. The Bertz CT molecular complexity index is 1250. The van der Waals surface area contributed by atoms with Gasteiger partial charge in [-0.3, -0.25) is 4.79 Å². The number of benzene rings is 3. The van der Waals surface area contributed by atoms with Crippen molar-refractivity contribution in [2.24, 2.45) is 5.73 Å². The van der Waals surface area contributed by atoms with Crippen LogP contribution in [0.25, 0.3) is 20.2 Å². The molecule has 0 amide bonds. The lowest BCUT2D eigenvalue weighted by molar-refractivity contribution is 0.115. The molecule has 160 valence electrons. The SMILES string of the molecule is NC(CO)(CO)CCc1ccc2c(=O)c3ccc(OCc4ccccc4)cc3sc2c1. The van der Waals surface area contributed by atoms with Crippen molar-refractivity contribution in [3.05, 3.63) is 88.1 Å². The molecule has 0 aliphatic carbocycles. The van der Waals surface area contributed by atoms with Gasteiger partial charge in [-0.25, -0.2) is 0 Å². The van der Waals surface area contributed by atoms with Crippen LogP contribution in [0, 0.1) is 0 Å². The summed E-state index contributed by atoms with van der Waals surface area (Å²) in [6, 6.07) is 21.3. The van der Waals surface area contributed by atoms with Crippen LogP contribution in [0.3, 0.4) is 0 Å². The average Bonchev–Trinajstić information content (AvgIpc) is 2.81. The Labute approximate surface area is 184 Å². The van der Waals surface area contributed by atoms with Crippen LogP contribution in [0.5, 0.6) is 5.75 Å². The van der Waals surface area contributed by atoms with Gasteiger partial charge in [0.15, 0.2) is 5.43 Å². The third-order valence-corrected chi connectivity index (χ3v) is 6.61. The molecule has 4 N–H and O–H groups in total. The summed E-state index contributed by atoms with van der Waals surface area (Å²) in [4.78, 5) is 13.0. The van der Waals surface area contributed by atoms with Crippen molar-refractivity contribution < 1.29 is 14.9 Å². The Morgan fingerprint density at radius 3 is 2.26 bits per heavy atom. The van der Waals surface area contributed by atoms with Gasteiger partial charge >= 0.3 is 0 Å². The maximum atomic E-state index is 13.0. The highest BCUT2D eigenvalue weighted by atomic mass is 32.1. The van der Waals surface area contributed by atoms with E-state index < -0.39 is 5.54 Å². The molecule has 0 unspecified atom stereocenters. The molecule has 3 aromatic carbocycles. The highest BCUT2D eigenvalue weighted by Gasteiger charge is 2.22. The minimum Gasteiger partial charge on any atom is -0.489 e. The third-order valence-electron chi connectivity index (χ3n) is 5.50. The predicted octanol–water partition coefficient (Wildman–Crippen LogP) is 3.61. The highest BCUT2D eigenvalue weighted by molar-refractivity contribution is 7.24. The van der Waals surface area contributed by atoms with Gasteiger partial charge in [0, 0.05) is 20.2 Å². The molecule has 6 heteroatoms. The lowest BCUT2D eigenvalue weighted by Crippen LogP contribution is -2.47. The van der Waals surface area contributed by atoms with E-state index >= 15 is 0 Å². The van der Waals surface area contributed by atoms with Gasteiger partial charge in [0.05, 0.1) is 18.8 Å². The molecule has 0 radical (unpaired) electrons. The van der Waals surface area contributed by atoms with Crippen molar-refractivity contribution in [2.75, 3.05) is 13.2 Å². The van der Waals surface area contributed by atoms with Crippen molar-refractivity contribution in [3.63, 3.8) is 0 Å². The van der Waals surface area contributed by atoms with Crippen molar-refractivity contribution in [1.29, 1.82) is 0 Å². The van der Waals surface area contributed by atoms with Gasteiger partial charge in [-0.1, -0.05) is 36.4 Å². The first-order chi connectivity index (χ1) is 15.0. The van der Waals surface area contributed by atoms with Crippen LogP contribution in [0.4, 0.5) is 0 Å². The third kappa shape index (κ3) is 4.78. The summed E-state index contributed by atoms with van der Waals surface area (Å²) in [6.07, 6.45) is 1.05. The Balaban J connectivity index is 1.62. The van der Waals surface area contributed by atoms with E-state index in [4.69, 9.17) is 10.5 Å². The normalized spacial score (nSPS) is 11.8. The van der Waals surface area contributed by atoms with Crippen LogP contribution in [0.1, 0.15) is 17.5 Å². The second-order valence-corrected chi connectivity index (χ2v) is 8.96. The molecule has 0 bridgehead atoms. The zero-order valence-electron chi connectivity index (χ0n) is 17.1. The first-order valence-corrected chi connectivity index (χ1v) is 11.0. The molecular formula is C25H25NO4S. The lowest BCUT2D eigenvalue weighted by atomic mass is 9.94. The van der Waals surface area contributed by atoms with E-state index in [9.17, 15) is 15.0 Å². The number of aliphatic hydroxyl groups is 2. The predicted molar refractivity (Wildman–Crippen MR) is 126 cm³/mol. The quantitative estimate of drug-likeness (QED) is 0.368. The monoisotopic (exact) mass is 435 g/mol. The number of ether oxygens (including phenoxy) is 1. The molecule has 4 aromatic rings. The summed E-state index contributed by atoms with van der Waals surface area (Å²) < 4.78 is 7.69. The molecule has 4 rings (SSSR count). The van der Waals surface area contributed by atoms with E-state index in [0.29, 0.717) is 30.2 Å². The lowest BCUT2D eigenvalue weighted by Gasteiger charge is -2.24. The van der Waals surface area contributed by atoms with Crippen LogP contribution < -0.4 is 15.9 Å². The number of hydrogen-bond donors (Lipinski definition) is 3. The topological polar surface area (TPSA) is 92.8 Å². The van der Waals surface area contributed by atoms with Crippen LogP contribution in [0.15, 0.2) is 71.5 Å². The molecule has 0 aliphatic heterocycles. The maximum absolute atomic E-state index is 13.0. The Morgan fingerprint density at radius 2 is 1.55 bits per heavy atom. The van der Waals surface area contributed by atoms with Gasteiger partial charge in [0.2, 0.25) is 0 Å². The summed E-state index contributed by atoms with van der Waals surface area (Å²) in [5, 5.41) is 20.2. The number of hydrogen-bond acceptors (Lipinski definition) is 6. The van der Waals surface area contributed by atoms with Crippen LogP contribution in [-0.2, 0) is 13.0 Å². The molecule has 5 nitrogen and oxygen atoms in total. The number of aryl methyl sites for hydroxylation is 1. The number of nitrogens with two attached hydrogens (primary N) is 1. The van der Waals surface area contributed by atoms with Gasteiger partial charge in [-0.05, 0) is 54.3 Å². The fourth-order valence-corrected chi connectivity index (χ4v) is 4.63. The number of rotatable bonds is 8. The Hall–Kier alpha value is -2.77. The maximum Gasteiger partial charge on any atom is 0.195 e. The molecule has 0 spiro atoms. The van der Waals surface area contributed by atoms with Crippen LogP contribution in [0.2, 0.25) is 0 Å². The van der Waals surface area contributed by atoms with E-state index in [0.717, 1.165) is 26.3 Å². The average molecular weight is 436 g/mol. The van der Waals surface area contributed by atoms with Gasteiger partial charge < -0.3 is 20.7 Å². The molecule has 0 saturated heterocycles. The van der Waals surface area contributed by atoms with Crippen LogP contribution >= 0.6 is 11.3 Å². The Morgan fingerprint density at radius 1 is 0.871 bits per heavy atom. The fraction of sp³-hybridized carbons (Fsp3) is 0.240. The van der Waals surface area contributed by atoms with E-state index in [2.05, 4.69) is 0 Å². The second kappa shape index (κ2) is 9.16. The minimum atomic E-state index is -1.00. The standard InChI is InChI=1S/C25H25NO4S/c26-25(15-27,16-28)11-10-17-6-8-20-22(12-17)31-23-13-19(7-9-21(23)24(20)29)30-14-18-4-2-1-3-5-18/h1-9,12-13,27-28H,10-11,14-16,26H2. The number of aliphatic hydroxyl groups excluding tert-OH is 2. The Kier molecular flexibility index (Phi) is 6.34. The van der Waals surface area contributed by atoms with Gasteiger partial charge in [-0.15, -0.1) is 11.3 Å². The molecule has 1 heterocycles. The second-order valence-electron chi connectivity index (χ2n) is 7.87. The van der Waals surface area contributed by atoms with Gasteiger partial charge in [0.25, 0.3) is 0 Å². The number of fused-ring (bicyclic) bond motifs is 2. The largest absolute Gasteiger partial charge is 0.489 e. The van der Waals surface area contributed by atoms with Crippen molar-refractivity contribution in [1.82, 2.24) is 0 Å². The zero-order valence-corrected chi connectivity index (χ0v) is 17.9. The molecule has 0 fully saturated rings. The minimum absolute atomic E-state index is 0.00352. The van der Waals surface area contributed by atoms with E-state index in [-0.39, 0.29) is 18.6 Å². The summed E-state index contributed by atoms with van der Waals surface area (Å²) in [6.45, 7) is -0.0862. The molecule has 0 saturated carbocycles. The van der Waals surface area contributed by atoms with E-state index in [1.807, 2.05) is 66.7 Å². The summed E-state index contributed by atoms with van der Waals surface area (Å²) in [5.41, 5.74) is 7.08. The molecule has 1 aromatic heterocycles. The van der Waals surface area contributed by atoms with E-state index in [1.54, 1.807) is 11.3 Å². The van der Waals surface area contributed by atoms with Gasteiger partial charge in [-0.2, -0.15) is 0 Å². The fourth-order valence-electron chi connectivity index (χ4n) is 3.46. The molecule has 0 aliphatic rings. The molecule has 0 atom stereocenters. The zero-order chi connectivity index (χ0) is 21.8. The summed E-state index contributed by atoms with van der Waals surface area (Å²) in [5.74, 6) is 0.723. The van der Waals surface area contributed by atoms with Crippen molar-refractivity contribution >= 4 is 31.5 Å². The summed E-state index contributed by atoms with van der Waals surface area (Å²) in [7, 11) is 0. The smallest absolute Gasteiger partial charge is 0.195 e. The van der Waals surface area contributed by atoms with Crippen molar-refractivity contribution in [3.8, 4) is 5.75 Å². The van der Waals surface area contributed by atoms with Crippen molar-refractivity contribution in [2.45, 2.75) is 25.0 Å². The highest BCUT2D eigenvalue weighted by Crippen LogP contribution is 2.29. The first-order valence-electron chi connectivity index (χ1n) is 10.2. The molecule has 31 heavy (non-hydrogen) atoms. The first kappa shape index (κ1) is 21.5. The van der Waals surface area contributed by atoms with Gasteiger partial charge in [0.1, 0.15) is 12.4 Å². The van der Waals surface area contributed by atoms with Crippen LogP contribution in [-0.4, -0.2) is 29.0 Å². The summed E-state index contributed by atoms with van der Waals surface area (Å²) >= 11 is 1.55. The van der Waals surface area contributed by atoms with E-state index in [1.165, 1.54) is 0 Å².